The molecule has 0 aliphatic rings. The highest BCUT2D eigenvalue weighted by atomic mass is 32.2. The Labute approximate surface area is 174 Å². The van der Waals surface area contributed by atoms with Gasteiger partial charge in [0, 0.05) is 25.2 Å². The number of aromatic hydroxyl groups is 1. The van der Waals surface area contributed by atoms with Crippen LogP contribution in [0.4, 0.5) is 5.69 Å². The van der Waals surface area contributed by atoms with E-state index in [4.69, 9.17) is 4.74 Å². The number of nitrogens with one attached hydrogen (secondary N) is 1. The van der Waals surface area contributed by atoms with Gasteiger partial charge in [0.05, 0.1) is 25.2 Å². The molecule has 0 aliphatic carbocycles. The Bertz CT molecular complexity index is 1180. The average molecular weight is 428 g/mol. The highest BCUT2D eigenvalue weighted by Crippen LogP contribution is 2.27. The minimum absolute atomic E-state index is 0.0939. The summed E-state index contributed by atoms with van der Waals surface area (Å²) in [5, 5.41) is 12.2. The summed E-state index contributed by atoms with van der Waals surface area (Å²) < 4.78 is 31.2. The van der Waals surface area contributed by atoms with Crippen LogP contribution in [0, 0.1) is 0 Å². The maximum Gasteiger partial charge on any atom is 0.255 e. The third-order valence-electron chi connectivity index (χ3n) is 4.20. The molecule has 0 atom stereocenters. The van der Waals surface area contributed by atoms with Gasteiger partial charge in [0.1, 0.15) is 16.4 Å². The summed E-state index contributed by atoms with van der Waals surface area (Å²) in [5.41, 5.74) is 1.09. The smallest absolute Gasteiger partial charge is 0.255 e. The number of methoxy groups -OCH3 is 1. The van der Waals surface area contributed by atoms with E-state index in [0.717, 1.165) is 4.31 Å². The maximum absolute atomic E-state index is 12.6. The summed E-state index contributed by atoms with van der Waals surface area (Å²) >= 11 is 0. The highest BCUT2D eigenvalue weighted by Gasteiger charge is 2.24. The minimum atomic E-state index is -3.81. The van der Waals surface area contributed by atoms with Crippen LogP contribution in [-0.4, -0.2) is 54.9 Å². The zero-order valence-corrected chi connectivity index (χ0v) is 17.3. The van der Waals surface area contributed by atoms with Crippen molar-refractivity contribution in [2.45, 2.75) is 4.90 Å². The van der Waals surface area contributed by atoms with Crippen LogP contribution in [0.15, 0.2) is 59.8 Å². The van der Waals surface area contributed by atoms with Crippen LogP contribution in [0.1, 0.15) is 10.4 Å². The number of aromatic nitrogens is 2. The van der Waals surface area contributed by atoms with E-state index in [0.29, 0.717) is 17.1 Å². The van der Waals surface area contributed by atoms with Crippen molar-refractivity contribution in [3.63, 3.8) is 0 Å². The molecule has 1 heterocycles. The molecular formula is C20H20N4O5S. The van der Waals surface area contributed by atoms with Gasteiger partial charge in [-0.15, -0.1) is 0 Å². The molecule has 0 aliphatic heterocycles. The van der Waals surface area contributed by atoms with Crippen molar-refractivity contribution in [1.29, 1.82) is 0 Å². The van der Waals surface area contributed by atoms with Crippen LogP contribution in [0.2, 0.25) is 0 Å². The second kappa shape index (κ2) is 8.47. The molecule has 0 spiro atoms. The van der Waals surface area contributed by atoms with E-state index < -0.39 is 15.9 Å². The number of sulfonamides is 1. The first-order valence-corrected chi connectivity index (χ1v) is 10.2. The molecule has 10 heteroatoms. The lowest BCUT2D eigenvalue weighted by Crippen LogP contribution is -2.23. The first-order valence-electron chi connectivity index (χ1n) is 8.75. The molecule has 0 unspecified atom stereocenters. The molecule has 2 N–H and O–H groups in total. The third-order valence-corrected chi connectivity index (χ3v) is 6.03. The molecule has 156 valence electrons. The number of carbonyl (C=O) groups excluding carboxylic acids is 1. The Morgan fingerprint density at radius 3 is 2.40 bits per heavy atom. The van der Waals surface area contributed by atoms with Crippen LogP contribution < -0.4 is 10.1 Å². The predicted molar refractivity (Wildman–Crippen MR) is 111 cm³/mol. The quantitative estimate of drug-likeness (QED) is 0.618. The summed E-state index contributed by atoms with van der Waals surface area (Å²) in [6.07, 6.45) is 2.84. The standard InChI is InChI=1S/C20H20N4O5S/c1-24(2)30(27,28)18-10-14(7-8-17(18)29-3)20(26)23-15-11-21-19(22-12-15)13-5-4-6-16(25)9-13/h4-12,25H,1-3H3,(H,23,26). The first-order chi connectivity index (χ1) is 14.2. The van der Waals surface area contributed by atoms with Gasteiger partial charge in [-0.2, -0.15) is 0 Å². The number of hydrogen-bond donors (Lipinski definition) is 2. The molecule has 2 aromatic carbocycles. The Morgan fingerprint density at radius 1 is 1.10 bits per heavy atom. The number of amides is 1. The lowest BCUT2D eigenvalue weighted by Gasteiger charge is -2.15. The molecule has 3 rings (SSSR count). The number of hydrogen-bond acceptors (Lipinski definition) is 7. The van der Waals surface area contributed by atoms with E-state index >= 15 is 0 Å². The van der Waals surface area contributed by atoms with Crippen molar-refractivity contribution < 1.29 is 23.1 Å². The van der Waals surface area contributed by atoms with E-state index in [1.807, 2.05) is 0 Å². The van der Waals surface area contributed by atoms with E-state index in [9.17, 15) is 18.3 Å². The molecule has 9 nitrogen and oxygen atoms in total. The van der Waals surface area contributed by atoms with Crippen molar-refractivity contribution in [3.05, 3.63) is 60.4 Å². The molecule has 0 saturated carbocycles. The van der Waals surface area contributed by atoms with Gasteiger partial charge in [-0.25, -0.2) is 22.7 Å². The summed E-state index contributed by atoms with van der Waals surface area (Å²) in [6.45, 7) is 0. The fourth-order valence-electron chi connectivity index (χ4n) is 2.61. The number of nitrogens with zero attached hydrogens (tertiary/aromatic N) is 3. The summed E-state index contributed by atoms with van der Waals surface area (Å²) in [7, 11) is 0.343. The second-order valence-corrected chi connectivity index (χ2v) is 8.57. The van der Waals surface area contributed by atoms with E-state index in [1.54, 1.807) is 12.1 Å². The van der Waals surface area contributed by atoms with Crippen LogP contribution in [0.3, 0.4) is 0 Å². The van der Waals surface area contributed by atoms with Gasteiger partial charge in [0.25, 0.3) is 5.91 Å². The van der Waals surface area contributed by atoms with E-state index in [-0.39, 0.29) is 22.0 Å². The Balaban J connectivity index is 1.84. The first kappa shape index (κ1) is 21.2. The van der Waals surface area contributed by atoms with Gasteiger partial charge in [-0.3, -0.25) is 4.79 Å². The van der Waals surface area contributed by atoms with Gasteiger partial charge in [-0.1, -0.05) is 12.1 Å². The molecule has 0 saturated heterocycles. The number of carbonyl (C=O) groups is 1. The van der Waals surface area contributed by atoms with Crippen LogP contribution in [0.5, 0.6) is 11.5 Å². The van der Waals surface area contributed by atoms with Crippen molar-refractivity contribution in [1.82, 2.24) is 14.3 Å². The normalized spacial score (nSPS) is 11.3. The van der Waals surface area contributed by atoms with E-state index in [2.05, 4.69) is 15.3 Å². The molecule has 0 radical (unpaired) electrons. The molecule has 1 aromatic heterocycles. The molecule has 0 bridgehead atoms. The van der Waals surface area contributed by atoms with Crippen LogP contribution in [-0.2, 0) is 10.0 Å². The fourth-order valence-corrected chi connectivity index (χ4v) is 3.68. The van der Waals surface area contributed by atoms with Gasteiger partial charge in [0.2, 0.25) is 10.0 Å². The number of benzene rings is 2. The lowest BCUT2D eigenvalue weighted by atomic mass is 10.2. The van der Waals surface area contributed by atoms with Crippen molar-refractivity contribution in [2.24, 2.45) is 0 Å². The number of anilines is 1. The summed E-state index contributed by atoms with van der Waals surface area (Å²) in [5.74, 6) is 0.0878. The minimum Gasteiger partial charge on any atom is -0.508 e. The molecule has 30 heavy (non-hydrogen) atoms. The van der Waals surface area contributed by atoms with Gasteiger partial charge < -0.3 is 15.2 Å². The van der Waals surface area contributed by atoms with Crippen molar-refractivity contribution in [3.8, 4) is 22.9 Å². The number of phenols is 1. The number of rotatable bonds is 6. The van der Waals surface area contributed by atoms with Crippen molar-refractivity contribution >= 4 is 21.6 Å². The molecule has 3 aromatic rings. The Morgan fingerprint density at radius 2 is 1.80 bits per heavy atom. The molecule has 0 fully saturated rings. The Hall–Kier alpha value is -3.50. The molecular weight excluding hydrogens is 408 g/mol. The van der Waals surface area contributed by atoms with Crippen molar-refractivity contribution in [2.75, 3.05) is 26.5 Å². The summed E-state index contributed by atoms with van der Waals surface area (Å²) in [4.78, 5) is 20.9. The highest BCUT2D eigenvalue weighted by molar-refractivity contribution is 7.89. The predicted octanol–water partition coefficient (Wildman–Crippen LogP) is 2.36. The SMILES string of the molecule is COc1ccc(C(=O)Nc2cnc(-c3cccc(O)c3)nc2)cc1S(=O)(=O)N(C)C. The average Bonchev–Trinajstić information content (AvgIpc) is 2.73. The topological polar surface area (TPSA) is 122 Å². The lowest BCUT2D eigenvalue weighted by molar-refractivity contribution is 0.102. The molecule has 1 amide bonds. The van der Waals surface area contributed by atoms with E-state index in [1.165, 1.54) is 63.9 Å². The number of phenolic OH excluding ortho intramolecular Hbond substituents is 1. The largest absolute Gasteiger partial charge is 0.508 e. The summed E-state index contributed by atoms with van der Waals surface area (Å²) in [6, 6.07) is 10.6. The maximum atomic E-state index is 12.6. The number of ether oxygens (including phenoxy) is 1. The Kier molecular flexibility index (Phi) is 5.99. The second-order valence-electron chi connectivity index (χ2n) is 6.45. The monoisotopic (exact) mass is 428 g/mol. The third kappa shape index (κ3) is 4.39. The van der Waals surface area contributed by atoms with Crippen LogP contribution in [0.25, 0.3) is 11.4 Å². The zero-order chi connectivity index (χ0) is 21.9. The van der Waals surface area contributed by atoms with Gasteiger partial charge in [0.15, 0.2) is 5.82 Å². The van der Waals surface area contributed by atoms with Crippen LogP contribution >= 0.6 is 0 Å². The van der Waals surface area contributed by atoms with Gasteiger partial charge in [-0.05, 0) is 30.3 Å². The van der Waals surface area contributed by atoms with Gasteiger partial charge >= 0.3 is 0 Å². The zero-order valence-electron chi connectivity index (χ0n) is 16.5. The fraction of sp³-hybridized carbons (Fsp3) is 0.150.